The molecule has 1 saturated heterocycles. The van der Waals surface area contributed by atoms with Crippen LogP contribution in [0.15, 0.2) is 152 Å². The largest absolute Gasteiger partial charge is 0.466 e. The molecular weight excluding hydrogens is 680 g/mol. The van der Waals surface area contributed by atoms with Gasteiger partial charge < -0.3 is 33.5 Å². The van der Waals surface area contributed by atoms with Crippen LogP contribution in [0, 0.1) is 0 Å². The number of carbonyl (C=O) groups excluding carboxylic acids is 1. The van der Waals surface area contributed by atoms with E-state index in [0.717, 1.165) is 33.4 Å². The Morgan fingerprint density at radius 1 is 0.593 bits per heavy atom. The monoisotopic (exact) mass is 728 g/mol. The van der Waals surface area contributed by atoms with E-state index in [1.54, 1.807) is 0 Å². The van der Waals surface area contributed by atoms with Crippen LogP contribution < -0.4 is 0 Å². The number of esters is 1. The number of carbonyl (C=O) groups is 1. The van der Waals surface area contributed by atoms with Gasteiger partial charge in [0.1, 0.15) is 24.4 Å². The highest BCUT2D eigenvalue weighted by atomic mass is 16.6. The van der Waals surface area contributed by atoms with Gasteiger partial charge in [-0.15, -0.1) is 0 Å². The summed E-state index contributed by atoms with van der Waals surface area (Å²) in [4.78, 5) is 12.8. The summed E-state index contributed by atoms with van der Waals surface area (Å²) in [6.45, 7) is 1.41. The molecule has 0 saturated carbocycles. The van der Waals surface area contributed by atoms with Gasteiger partial charge >= 0.3 is 5.97 Å². The summed E-state index contributed by atoms with van der Waals surface area (Å²) in [7, 11) is 1.35. The fourth-order valence-corrected chi connectivity index (χ4v) is 6.60. The van der Waals surface area contributed by atoms with Gasteiger partial charge in [-0.3, -0.25) is 0 Å². The van der Waals surface area contributed by atoms with Crippen molar-refractivity contribution >= 4 is 11.5 Å². The molecule has 1 fully saturated rings. The van der Waals surface area contributed by atoms with Crippen molar-refractivity contribution in [2.45, 2.75) is 70.0 Å². The number of methoxy groups -OCH3 is 1. The van der Waals surface area contributed by atoms with E-state index in [4.69, 9.17) is 28.4 Å². The maximum Gasteiger partial charge on any atom is 0.330 e. The van der Waals surface area contributed by atoms with Crippen molar-refractivity contribution in [3.63, 3.8) is 0 Å². The van der Waals surface area contributed by atoms with Gasteiger partial charge in [-0.1, -0.05) is 140 Å². The molecule has 0 amide bonds. The molecule has 5 atom stereocenters. The Morgan fingerprint density at radius 2 is 1.06 bits per heavy atom. The van der Waals surface area contributed by atoms with Gasteiger partial charge in [-0.2, -0.15) is 0 Å². The van der Waals surface area contributed by atoms with E-state index in [0.29, 0.717) is 32.0 Å². The maximum absolute atomic E-state index is 12.8. The predicted molar refractivity (Wildman–Crippen MR) is 207 cm³/mol. The number of benzene rings is 5. The highest BCUT2D eigenvalue weighted by molar-refractivity contribution is 5.91. The molecule has 1 aliphatic rings. The van der Waals surface area contributed by atoms with E-state index in [2.05, 4.69) is 0 Å². The first-order valence-corrected chi connectivity index (χ1v) is 18.3. The first-order valence-electron chi connectivity index (χ1n) is 18.3. The maximum atomic E-state index is 12.8. The molecular formula is C46H48O8. The zero-order valence-electron chi connectivity index (χ0n) is 30.6. The zero-order valence-corrected chi connectivity index (χ0v) is 30.6. The molecule has 0 aliphatic carbocycles. The summed E-state index contributed by atoms with van der Waals surface area (Å²) >= 11 is 0. The van der Waals surface area contributed by atoms with Crippen molar-refractivity contribution in [2.75, 3.05) is 13.7 Å². The fourth-order valence-electron chi connectivity index (χ4n) is 6.60. The van der Waals surface area contributed by atoms with Crippen LogP contribution in [0.2, 0.25) is 0 Å². The Kier molecular flexibility index (Phi) is 14.7. The molecule has 6 rings (SSSR count). The van der Waals surface area contributed by atoms with Crippen LogP contribution in [-0.4, -0.2) is 55.3 Å². The van der Waals surface area contributed by atoms with Crippen molar-refractivity contribution in [2.24, 2.45) is 0 Å². The van der Waals surface area contributed by atoms with Gasteiger partial charge in [0.25, 0.3) is 0 Å². The van der Waals surface area contributed by atoms with Crippen LogP contribution in [0.5, 0.6) is 0 Å². The van der Waals surface area contributed by atoms with Gasteiger partial charge in [-0.05, 0) is 45.0 Å². The van der Waals surface area contributed by atoms with Gasteiger partial charge in [-0.25, -0.2) is 4.79 Å². The van der Waals surface area contributed by atoms with Crippen molar-refractivity contribution in [1.29, 1.82) is 0 Å². The number of rotatable bonds is 18. The minimum Gasteiger partial charge on any atom is -0.466 e. The molecule has 54 heavy (non-hydrogen) atoms. The van der Waals surface area contributed by atoms with Gasteiger partial charge in [0, 0.05) is 12.5 Å². The Balaban J connectivity index is 1.39. The molecule has 5 aromatic rings. The Bertz CT molecular complexity index is 1870. The van der Waals surface area contributed by atoms with E-state index in [9.17, 15) is 9.90 Å². The van der Waals surface area contributed by atoms with E-state index in [-0.39, 0.29) is 19.6 Å². The summed E-state index contributed by atoms with van der Waals surface area (Å²) < 4.78 is 39.0. The smallest absolute Gasteiger partial charge is 0.330 e. The lowest BCUT2D eigenvalue weighted by Crippen LogP contribution is -2.61. The van der Waals surface area contributed by atoms with E-state index in [1.807, 2.05) is 146 Å². The lowest BCUT2D eigenvalue weighted by atomic mass is 9.88. The molecule has 1 aliphatic heterocycles. The second-order valence-electron chi connectivity index (χ2n) is 13.3. The highest BCUT2D eigenvalue weighted by Crippen LogP contribution is 2.35. The normalized spacial score (nSPS) is 20.0. The van der Waals surface area contributed by atoms with Crippen LogP contribution in [0.25, 0.3) is 5.57 Å². The first-order chi connectivity index (χ1) is 26.6. The Labute approximate surface area is 317 Å². The molecule has 1 N–H and O–H groups in total. The van der Waals surface area contributed by atoms with Crippen LogP contribution in [0.1, 0.15) is 39.8 Å². The van der Waals surface area contributed by atoms with Crippen LogP contribution >= 0.6 is 0 Å². The van der Waals surface area contributed by atoms with Crippen LogP contribution in [-0.2, 0) is 66.3 Å². The molecule has 5 aromatic carbocycles. The molecule has 0 bridgehead atoms. The zero-order chi connectivity index (χ0) is 37.4. The van der Waals surface area contributed by atoms with E-state index in [1.165, 1.54) is 13.2 Å². The molecule has 0 radical (unpaired) electrons. The molecule has 0 aromatic heterocycles. The molecule has 0 unspecified atom stereocenters. The number of hydrogen-bond donors (Lipinski definition) is 1. The summed E-state index contributed by atoms with van der Waals surface area (Å²) in [5.41, 5.74) is 6.21. The number of aliphatic hydroxyl groups is 1. The molecule has 280 valence electrons. The minimum atomic E-state index is -0.637. The van der Waals surface area contributed by atoms with Crippen LogP contribution in [0.3, 0.4) is 0 Å². The number of ether oxygens (including phenoxy) is 6. The average Bonchev–Trinajstić information content (AvgIpc) is 3.23. The standard InChI is InChI=1S/C46H48O8/c1-49-43(48)27-40(39-24-14-23-38(25-39)28-47)26-41-44(51-30-35-17-8-3-9-18-35)46(53-32-37-21-12-5-13-22-37)45(52-31-36-19-10-4-11-20-36)42(54-41)33-50-29-34-15-6-2-7-16-34/h2-25,27,41-42,44-47H,26,28-33H2,1H3/b40-27+/t41-,42-,44+,45+,46-/m1/s1. The minimum absolute atomic E-state index is 0.140. The quantitative estimate of drug-likeness (QED) is 0.0721. The topological polar surface area (TPSA) is 92.7 Å². The van der Waals surface area contributed by atoms with Crippen LogP contribution in [0.4, 0.5) is 0 Å². The van der Waals surface area contributed by atoms with Gasteiger partial charge in [0.15, 0.2) is 0 Å². The second kappa shape index (κ2) is 20.5. The predicted octanol–water partition coefficient (Wildman–Crippen LogP) is 7.87. The number of hydrogen-bond acceptors (Lipinski definition) is 8. The second-order valence-corrected chi connectivity index (χ2v) is 13.3. The highest BCUT2D eigenvalue weighted by Gasteiger charge is 2.48. The third-order valence-corrected chi connectivity index (χ3v) is 9.37. The summed E-state index contributed by atoms with van der Waals surface area (Å²) in [6, 6.07) is 47.5. The Hall–Kier alpha value is -4.93. The molecule has 0 spiro atoms. The fraction of sp³-hybridized carbons (Fsp3) is 0.283. The van der Waals surface area contributed by atoms with E-state index < -0.39 is 36.5 Å². The van der Waals surface area contributed by atoms with Crippen molar-refractivity contribution in [1.82, 2.24) is 0 Å². The summed E-state index contributed by atoms with van der Waals surface area (Å²) in [6.07, 6.45) is -1.25. The lowest BCUT2D eigenvalue weighted by molar-refractivity contribution is -0.271. The third kappa shape index (κ3) is 11.3. The first kappa shape index (κ1) is 38.8. The van der Waals surface area contributed by atoms with E-state index >= 15 is 0 Å². The van der Waals surface area contributed by atoms with Crippen molar-refractivity contribution in [3.8, 4) is 0 Å². The summed E-state index contributed by atoms with van der Waals surface area (Å²) in [5.74, 6) is -0.499. The van der Waals surface area contributed by atoms with Crippen molar-refractivity contribution < 1.29 is 38.3 Å². The Morgan fingerprint density at radius 3 is 1.56 bits per heavy atom. The SMILES string of the molecule is COC(=O)/C=C(\C[C@H]1O[C@H](COCc2ccccc2)[C@H](OCc2ccccc2)[C@H](OCc2ccccc2)[C@H]1OCc1ccccc1)c1cccc(CO)c1. The van der Waals surface area contributed by atoms with Gasteiger partial charge in [0.2, 0.25) is 0 Å². The lowest BCUT2D eigenvalue weighted by Gasteiger charge is -2.46. The molecule has 8 nitrogen and oxygen atoms in total. The third-order valence-electron chi connectivity index (χ3n) is 9.37. The van der Waals surface area contributed by atoms with Crippen molar-refractivity contribution in [3.05, 3.63) is 185 Å². The molecule has 8 heteroatoms. The summed E-state index contributed by atoms with van der Waals surface area (Å²) in [5, 5.41) is 9.96. The molecule has 1 heterocycles. The number of aliphatic hydroxyl groups excluding tert-OH is 1. The average molecular weight is 729 g/mol. The van der Waals surface area contributed by atoms with Gasteiger partial charge in [0.05, 0.1) is 52.9 Å².